The van der Waals surface area contributed by atoms with Gasteiger partial charge in [0.15, 0.2) is 0 Å². The highest BCUT2D eigenvalue weighted by Crippen LogP contribution is 2.13. The van der Waals surface area contributed by atoms with Crippen molar-refractivity contribution >= 4 is 0 Å². The van der Waals surface area contributed by atoms with Crippen molar-refractivity contribution in [3.8, 4) is 0 Å². The van der Waals surface area contributed by atoms with Crippen LogP contribution in [-0.4, -0.2) is 53.0 Å². The maximum Gasteiger partial charge on any atom is 0.137 e. The Morgan fingerprint density at radius 3 is 2.58 bits per heavy atom. The zero-order chi connectivity index (χ0) is 9.14. The maximum atomic E-state index is 9.34. The largest absolute Gasteiger partial charge is 0.388 e. The van der Waals surface area contributed by atoms with Gasteiger partial charge in [-0.2, -0.15) is 0 Å². The van der Waals surface area contributed by atoms with Gasteiger partial charge in [0, 0.05) is 0 Å². The fourth-order valence-electron chi connectivity index (χ4n) is 1.19. The highest BCUT2D eigenvalue weighted by Gasteiger charge is 2.36. The second-order valence-electron chi connectivity index (χ2n) is 2.86. The molecule has 0 aliphatic carbocycles. The molecular weight excluding hydrogens is 162 g/mol. The van der Waals surface area contributed by atoms with Crippen molar-refractivity contribution in [2.45, 2.75) is 31.5 Å². The third-order valence-electron chi connectivity index (χ3n) is 1.91. The number of ether oxygens (including phenoxy) is 1. The summed E-state index contributed by atoms with van der Waals surface area (Å²) in [6.07, 6.45) is -3.75. The molecule has 12 heavy (non-hydrogen) atoms. The van der Waals surface area contributed by atoms with Gasteiger partial charge in [0.25, 0.3) is 0 Å². The fraction of sp³-hybridized carbons (Fsp3) is 1.00. The van der Waals surface area contributed by atoms with E-state index in [9.17, 15) is 10.2 Å². The van der Waals surface area contributed by atoms with Crippen LogP contribution in [0.2, 0.25) is 0 Å². The Kier molecular flexibility index (Phi) is 3.42. The quantitative estimate of drug-likeness (QED) is 0.393. The Bertz CT molecular complexity index is 143. The van der Waals surface area contributed by atoms with Crippen molar-refractivity contribution in [2.75, 3.05) is 13.2 Å². The first-order chi connectivity index (χ1) is 5.66. The second kappa shape index (κ2) is 4.15. The van der Waals surface area contributed by atoms with Crippen LogP contribution in [0, 0.1) is 0 Å². The Balaban J connectivity index is 2.46. The van der Waals surface area contributed by atoms with Gasteiger partial charge in [-0.05, 0) is 6.54 Å². The molecule has 0 saturated carbocycles. The summed E-state index contributed by atoms with van der Waals surface area (Å²) in [5.41, 5.74) is 0. The zero-order valence-corrected chi connectivity index (χ0v) is 6.97. The molecule has 0 spiro atoms. The Morgan fingerprint density at radius 2 is 2.00 bits per heavy atom. The number of aliphatic hydroxyl groups excluding tert-OH is 3. The number of nitrogens with one attached hydrogen (secondary N) is 1. The van der Waals surface area contributed by atoms with Gasteiger partial charge in [-0.1, -0.05) is 6.92 Å². The molecule has 0 amide bonds. The van der Waals surface area contributed by atoms with Crippen LogP contribution < -0.4 is 5.32 Å². The molecular formula is C7H15NO4. The van der Waals surface area contributed by atoms with Crippen molar-refractivity contribution < 1.29 is 20.1 Å². The molecule has 1 heterocycles. The summed E-state index contributed by atoms with van der Waals surface area (Å²) < 4.78 is 5.04. The van der Waals surface area contributed by atoms with E-state index in [1.165, 1.54) is 0 Å². The Hall–Kier alpha value is -0.200. The van der Waals surface area contributed by atoms with Crippen LogP contribution in [0.3, 0.4) is 0 Å². The molecule has 1 rings (SSSR count). The number of aliphatic hydroxyl groups is 3. The zero-order valence-electron chi connectivity index (χ0n) is 6.97. The summed E-state index contributed by atoms with van der Waals surface area (Å²) in [4.78, 5) is 0. The van der Waals surface area contributed by atoms with Crippen LogP contribution in [0.15, 0.2) is 0 Å². The predicted octanol–water partition coefficient (Wildman–Crippen LogP) is -1.97. The summed E-state index contributed by atoms with van der Waals surface area (Å²) in [5.74, 6) is 0. The number of hydrogen-bond acceptors (Lipinski definition) is 5. The monoisotopic (exact) mass is 177 g/mol. The molecule has 1 aliphatic heterocycles. The van der Waals surface area contributed by atoms with E-state index >= 15 is 0 Å². The SMILES string of the molecule is CCNC1OCC(O)C(O)C1O. The molecule has 0 aromatic heterocycles. The van der Waals surface area contributed by atoms with E-state index in [2.05, 4.69) is 5.32 Å². The predicted molar refractivity (Wildman–Crippen MR) is 41.4 cm³/mol. The minimum Gasteiger partial charge on any atom is -0.388 e. The van der Waals surface area contributed by atoms with Crippen molar-refractivity contribution in [2.24, 2.45) is 0 Å². The van der Waals surface area contributed by atoms with E-state index in [1.807, 2.05) is 6.92 Å². The summed E-state index contributed by atoms with van der Waals surface area (Å²) in [6.45, 7) is 2.56. The van der Waals surface area contributed by atoms with Crippen molar-refractivity contribution in [3.05, 3.63) is 0 Å². The first kappa shape index (κ1) is 9.88. The Labute approximate surface area is 71.0 Å². The third kappa shape index (κ3) is 1.94. The van der Waals surface area contributed by atoms with Gasteiger partial charge in [-0.25, -0.2) is 0 Å². The van der Waals surface area contributed by atoms with Crippen LogP contribution in [-0.2, 0) is 4.74 Å². The van der Waals surface area contributed by atoms with Crippen molar-refractivity contribution in [1.82, 2.24) is 5.32 Å². The third-order valence-corrected chi connectivity index (χ3v) is 1.91. The summed E-state index contributed by atoms with van der Waals surface area (Å²) >= 11 is 0. The number of hydrogen-bond donors (Lipinski definition) is 4. The lowest BCUT2D eigenvalue weighted by atomic mass is 10.0. The molecule has 0 radical (unpaired) electrons. The summed E-state index contributed by atoms with van der Waals surface area (Å²) in [6, 6.07) is 0. The standard InChI is InChI=1S/C7H15NO4/c1-2-8-7-6(11)5(10)4(9)3-12-7/h4-11H,2-3H2,1H3. The van der Waals surface area contributed by atoms with E-state index in [0.29, 0.717) is 6.54 Å². The molecule has 0 bridgehead atoms. The van der Waals surface area contributed by atoms with E-state index in [1.54, 1.807) is 0 Å². The van der Waals surface area contributed by atoms with E-state index in [4.69, 9.17) is 9.84 Å². The van der Waals surface area contributed by atoms with Crippen LogP contribution in [0.5, 0.6) is 0 Å². The van der Waals surface area contributed by atoms with Gasteiger partial charge < -0.3 is 20.1 Å². The van der Waals surface area contributed by atoms with E-state index in [-0.39, 0.29) is 6.61 Å². The minimum atomic E-state index is -1.12. The molecule has 0 aromatic carbocycles. The van der Waals surface area contributed by atoms with Crippen molar-refractivity contribution in [1.29, 1.82) is 0 Å². The summed E-state index contributed by atoms with van der Waals surface area (Å²) in [7, 11) is 0. The van der Waals surface area contributed by atoms with E-state index in [0.717, 1.165) is 0 Å². The molecule has 0 aromatic rings. The molecule has 1 saturated heterocycles. The smallest absolute Gasteiger partial charge is 0.137 e. The van der Waals surface area contributed by atoms with E-state index < -0.39 is 24.5 Å². The lowest BCUT2D eigenvalue weighted by Gasteiger charge is -2.35. The lowest BCUT2D eigenvalue weighted by molar-refractivity contribution is -0.194. The average Bonchev–Trinajstić information content (AvgIpc) is 2.07. The van der Waals surface area contributed by atoms with Crippen LogP contribution in [0.1, 0.15) is 6.92 Å². The number of rotatable bonds is 2. The molecule has 1 aliphatic rings. The second-order valence-corrected chi connectivity index (χ2v) is 2.86. The van der Waals surface area contributed by atoms with Gasteiger partial charge in [0.1, 0.15) is 24.5 Å². The van der Waals surface area contributed by atoms with Gasteiger partial charge in [-0.3, -0.25) is 5.32 Å². The summed E-state index contributed by atoms with van der Waals surface area (Å²) in [5, 5.41) is 30.5. The molecule has 5 nitrogen and oxygen atoms in total. The van der Waals surface area contributed by atoms with Crippen LogP contribution in [0.4, 0.5) is 0 Å². The van der Waals surface area contributed by atoms with Crippen molar-refractivity contribution in [3.63, 3.8) is 0 Å². The highest BCUT2D eigenvalue weighted by molar-refractivity contribution is 4.84. The highest BCUT2D eigenvalue weighted by atomic mass is 16.5. The molecule has 4 unspecified atom stereocenters. The molecule has 4 atom stereocenters. The van der Waals surface area contributed by atoms with Gasteiger partial charge in [0.05, 0.1) is 6.61 Å². The minimum absolute atomic E-state index is 0.0515. The first-order valence-electron chi connectivity index (χ1n) is 4.06. The molecule has 4 N–H and O–H groups in total. The molecule has 72 valence electrons. The Morgan fingerprint density at radius 1 is 1.33 bits per heavy atom. The number of likely N-dealkylation sites (N-methyl/N-ethyl adjacent to an activating group) is 1. The first-order valence-corrected chi connectivity index (χ1v) is 4.06. The average molecular weight is 177 g/mol. The molecule has 5 heteroatoms. The topological polar surface area (TPSA) is 82.0 Å². The lowest BCUT2D eigenvalue weighted by Crippen LogP contribution is -2.57. The van der Waals surface area contributed by atoms with Gasteiger partial charge >= 0.3 is 0 Å². The fourth-order valence-corrected chi connectivity index (χ4v) is 1.19. The molecule has 1 fully saturated rings. The van der Waals surface area contributed by atoms with Crippen LogP contribution >= 0.6 is 0 Å². The maximum absolute atomic E-state index is 9.34. The van der Waals surface area contributed by atoms with Gasteiger partial charge in [0.2, 0.25) is 0 Å². The van der Waals surface area contributed by atoms with Crippen LogP contribution in [0.25, 0.3) is 0 Å². The normalized spacial score (nSPS) is 43.0. The van der Waals surface area contributed by atoms with Gasteiger partial charge in [-0.15, -0.1) is 0 Å².